The van der Waals surface area contributed by atoms with E-state index in [1.807, 2.05) is 36.4 Å². The van der Waals surface area contributed by atoms with Crippen molar-refractivity contribution < 1.29 is 0 Å². The Morgan fingerprint density at radius 3 is 2.31 bits per heavy atom. The first-order chi connectivity index (χ1) is 12.7. The van der Waals surface area contributed by atoms with Gasteiger partial charge in [-0.15, -0.1) is 4.91 Å². The van der Waals surface area contributed by atoms with E-state index < -0.39 is 0 Å². The number of benzene rings is 3. The van der Waals surface area contributed by atoms with Gasteiger partial charge in [-0.1, -0.05) is 29.8 Å². The van der Waals surface area contributed by atoms with Crippen molar-refractivity contribution in [2.75, 3.05) is 5.32 Å². The summed E-state index contributed by atoms with van der Waals surface area (Å²) in [5.41, 5.74) is 4.23. The molecule has 0 bridgehead atoms. The molecule has 126 valence electrons. The molecule has 5 nitrogen and oxygen atoms in total. The molecule has 0 aliphatic rings. The van der Waals surface area contributed by atoms with Crippen molar-refractivity contribution in [1.82, 2.24) is 9.97 Å². The van der Waals surface area contributed by atoms with Crippen LogP contribution in [0.4, 0.5) is 17.2 Å². The molecule has 0 amide bonds. The second-order valence-electron chi connectivity index (χ2n) is 6.04. The van der Waals surface area contributed by atoms with E-state index in [1.54, 1.807) is 24.3 Å². The lowest BCUT2D eigenvalue weighted by Gasteiger charge is -2.11. The molecule has 1 aromatic heterocycles. The molecular formula is C21H16N4O. The molecule has 4 aromatic rings. The highest BCUT2D eigenvalue weighted by Crippen LogP contribution is 2.28. The van der Waals surface area contributed by atoms with Gasteiger partial charge in [-0.3, -0.25) is 0 Å². The molecule has 3 aromatic carbocycles. The molecule has 0 spiro atoms. The third-order valence-electron chi connectivity index (χ3n) is 4.15. The summed E-state index contributed by atoms with van der Waals surface area (Å²) in [4.78, 5) is 20.0. The third-order valence-corrected chi connectivity index (χ3v) is 4.15. The summed E-state index contributed by atoms with van der Waals surface area (Å²) in [6, 6.07) is 23.0. The Kier molecular flexibility index (Phi) is 4.11. The largest absolute Gasteiger partial charge is 0.340 e. The van der Waals surface area contributed by atoms with E-state index in [0.717, 1.165) is 28.0 Å². The van der Waals surface area contributed by atoms with E-state index in [-0.39, 0.29) is 0 Å². The fourth-order valence-corrected chi connectivity index (χ4v) is 2.75. The van der Waals surface area contributed by atoms with E-state index in [2.05, 4.69) is 34.5 Å². The van der Waals surface area contributed by atoms with Crippen LogP contribution in [0.3, 0.4) is 0 Å². The zero-order valence-corrected chi connectivity index (χ0v) is 14.2. The van der Waals surface area contributed by atoms with Gasteiger partial charge in [0.05, 0.1) is 5.52 Å². The number of nitroso groups, excluding NO2 is 1. The third kappa shape index (κ3) is 3.15. The number of nitrogens with one attached hydrogen (secondary N) is 1. The molecule has 5 heteroatoms. The fourth-order valence-electron chi connectivity index (χ4n) is 2.75. The Balaban J connectivity index is 1.82. The van der Waals surface area contributed by atoms with Gasteiger partial charge in [0.2, 0.25) is 0 Å². The second kappa shape index (κ2) is 6.72. The van der Waals surface area contributed by atoms with Gasteiger partial charge < -0.3 is 5.32 Å². The number of nitrogens with zero attached hydrogens (tertiary/aromatic N) is 3. The number of aryl methyl sites for hydroxylation is 1. The summed E-state index contributed by atoms with van der Waals surface area (Å²) in [5, 5.41) is 7.27. The van der Waals surface area contributed by atoms with E-state index in [9.17, 15) is 4.91 Å². The highest BCUT2D eigenvalue weighted by molar-refractivity contribution is 5.92. The van der Waals surface area contributed by atoms with E-state index in [1.165, 1.54) is 5.56 Å². The maximum atomic E-state index is 10.6. The first-order valence-electron chi connectivity index (χ1n) is 8.27. The topological polar surface area (TPSA) is 67.2 Å². The number of hydrogen-bond acceptors (Lipinski definition) is 5. The lowest BCUT2D eigenvalue weighted by atomic mass is 10.1. The molecule has 1 N–H and O–H groups in total. The minimum atomic E-state index is 0.382. The summed E-state index contributed by atoms with van der Waals surface area (Å²) in [6.07, 6.45) is 0. The molecule has 26 heavy (non-hydrogen) atoms. The number of rotatable bonds is 4. The minimum Gasteiger partial charge on any atom is -0.340 e. The lowest BCUT2D eigenvalue weighted by molar-refractivity contribution is 1.22. The number of aromatic nitrogens is 2. The molecule has 0 atom stereocenters. The highest BCUT2D eigenvalue weighted by Gasteiger charge is 2.10. The van der Waals surface area contributed by atoms with Crippen LogP contribution in [0.15, 0.2) is 78.0 Å². The van der Waals surface area contributed by atoms with Gasteiger partial charge in [0.25, 0.3) is 0 Å². The maximum absolute atomic E-state index is 10.6. The van der Waals surface area contributed by atoms with Gasteiger partial charge in [-0.05, 0) is 60.6 Å². The number of para-hydroxylation sites is 1. The van der Waals surface area contributed by atoms with Crippen LogP contribution >= 0.6 is 0 Å². The quantitative estimate of drug-likeness (QED) is 0.481. The SMILES string of the molecule is Cc1ccc(Nc2nc(-c3ccc(N=O)cc3)nc3ccccc23)cc1. The van der Waals surface area contributed by atoms with Crippen LogP contribution in [0.2, 0.25) is 0 Å². The summed E-state index contributed by atoms with van der Waals surface area (Å²) in [5.74, 6) is 1.34. The van der Waals surface area contributed by atoms with Crippen molar-refractivity contribution in [3.05, 3.63) is 83.3 Å². The smallest absolute Gasteiger partial charge is 0.162 e. The van der Waals surface area contributed by atoms with Gasteiger partial charge >= 0.3 is 0 Å². The molecule has 0 unspecified atom stereocenters. The first-order valence-corrected chi connectivity index (χ1v) is 8.27. The van der Waals surface area contributed by atoms with Crippen LogP contribution in [0, 0.1) is 11.8 Å². The molecular weight excluding hydrogens is 324 g/mol. The van der Waals surface area contributed by atoms with E-state index in [0.29, 0.717) is 11.5 Å². The van der Waals surface area contributed by atoms with Crippen molar-refractivity contribution >= 4 is 28.1 Å². The zero-order valence-electron chi connectivity index (χ0n) is 14.2. The monoisotopic (exact) mass is 340 g/mol. The molecule has 4 rings (SSSR count). The van der Waals surface area contributed by atoms with Crippen LogP contribution in [0.1, 0.15) is 5.56 Å². The summed E-state index contributed by atoms with van der Waals surface area (Å²) in [6.45, 7) is 2.06. The molecule has 0 saturated heterocycles. The summed E-state index contributed by atoms with van der Waals surface area (Å²) < 4.78 is 0. The molecule has 0 radical (unpaired) electrons. The van der Waals surface area contributed by atoms with Gasteiger partial charge in [0.1, 0.15) is 11.5 Å². The fraction of sp³-hybridized carbons (Fsp3) is 0.0476. The van der Waals surface area contributed by atoms with Crippen LogP contribution < -0.4 is 5.32 Å². The van der Waals surface area contributed by atoms with Crippen molar-refractivity contribution in [1.29, 1.82) is 0 Å². The lowest BCUT2D eigenvalue weighted by Crippen LogP contribution is -1.99. The van der Waals surface area contributed by atoms with Gasteiger partial charge in [0.15, 0.2) is 5.82 Å². The Morgan fingerprint density at radius 1 is 0.846 bits per heavy atom. The predicted octanol–water partition coefficient (Wildman–Crippen LogP) is 5.75. The van der Waals surface area contributed by atoms with Crippen LogP contribution in [0.5, 0.6) is 0 Å². The summed E-state index contributed by atoms with van der Waals surface area (Å²) in [7, 11) is 0. The Labute approximate surface area is 150 Å². The van der Waals surface area contributed by atoms with Gasteiger partial charge in [-0.25, -0.2) is 9.97 Å². The van der Waals surface area contributed by atoms with Gasteiger partial charge in [0, 0.05) is 16.6 Å². The second-order valence-corrected chi connectivity index (χ2v) is 6.04. The molecule has 0 fully saturated rings. The zero-order chi connectivity index (χ0) is 17.9. The Bertz CT molecular complexity index is 1070. The summed E-state index contributed by atoms with van der Waals surface area (Å²) >= 11 is 0. The normalized spacial score (nSPS) is 10.7. The average molecular weight is 340 g/mol. The van der Waals surface area contributed by atoms with Crippen molar-refractivity contribution in [2.45, 2.75) is 6.92 Å². The van der Waals surface area contributed by atoms with Crippen LogP contribution in [-0.2, 0) is 0 Å². The minimum absolute atomic E-state index is 0.382. The van der Waals surface area contributed by atoms with Crippen molar-refractivity contribution in [3.8, 4) is 11.4 Å². The van der Waals surface area contributed by atoms with E-state index >= 15 is 0 Å². The Morgan fingerprint density at radius 2 is 1.58 bits per heavy atom. The molecule has 1 heterocycles. The highest BCUT2D eigenvalue weighted by atomic mass is 16.3. The van der Waals surface area contributed by atoms with Gasteiger partial charge in [-0.2, -0.15) is 0 Å². The molecule has 0 aliphatic carbocycles. The maximum Gasteiger partial charge on any atom is 0.162 e. The van der Waals surface area contributed by atoms with Crippen LogP contribution in [-0.4, -0.2) is 9.97 Å². The standard InChI is InChI=1S/C21H16N4O/c1-14-6-10-16(11-7-14)22-21-18-4-2-3-5-19(18)23-20(24-21)15-8-12-17(25-26)13-9-15/h2-13H,1H3,(H,22,23,24). The van der Waals surface area contributed by atoms with Crippen molar-refractivity contribution in [2.24, 2.45) is 5.18 Å². The van der Waals surface area contributed by atoms with E-state index in [4.69, 9.17) is 4.98 Å². The number of anilines is 2. The predicted molar refractivity (Wildman–Crippen MR) is 105 cm³/mol. The first kappa shape index (κ1) is 15.9. The number of hydrogen-bond donors (Lipinski definition) is 1. The average Bonchev–Trinajstić information content (AvgIpc) is 2.69. The molecule has 0 aliphatic heterocycles. The van der Waals surface area contributed by atoms with Crippen molar-refractivity contribution in [3.63, 3.8) is 0 Å². The Hall–Kier alpha value is -3.60. The van der Waals surface area contributed by atoms with Crippen LogP contribution in [0.25, 0.3) is 22.3 Å². The number of fused-ring (bicyclic) bond motifs is 1. The molecule has 0 saturated carbocycles.